The minimum Gasteiger partial charge on any atom is -0.493 e. The van der Waals surface area contributed by atoms with Crippen molar-refractivity contribution in [3.8, 4) is 5.75 Å². The van der Waals surface area contributed by atoms with Gasteiger partial charge in [0.05, 0.1) is 17.3 Å². The summed E-state index contributed by atoms with van der Waals surface area (Å²) in [4.78, 5) is 0. The van der Waals surface area contributed by atoms with Gasteiger partial charge in [0.1, 0.15) is 5.75 Å². The van der Waals surface area contributed by atoms with Gasteiger partial charge in [-0.3, -0.25) is 0 Å². The van der Waals surface area contributed by atoms with Gasteiger partial charge in [0, 0.05) is 17.1 Å². The Morgan fingerprint density at radius 2 is 1.86 bits per heavy atom. The zero-order valence-electron chi connectivity index (χ0n) is 12.9. The molecule has 0 aliphatic heterocycles. The van der Waals surface area contributed by atoms with Crippen LogP contribution in [0.4, 0.5) is 5.69 Å². The lowest BCUT2D eigenvalue weighted by atomic mass is 10.1. The van der Waals surface area contributed by atoms with Crippen molar-refractivity contribution in [2.75, 3.05) is 11.9 Å². The molecule has 4 heteroatoms. The van der Waals surface area contributed by atoms with Gasteiger partial charge in [-0.15, -0.1) is 0 Å². The van der Waals surface area contributed by atoms with E-state index < -0.39 is 0 Å². The maximum Gasteiger partial charge on any atom is 0.124 e. The average Bonchev–Trinajstić information content (AvgIpc) is 2.47. The average molecular weight is 338 g/mol. The summed E-state index contributed by atoms with van der Waals surface area (Å²) in [6.07, 6.45) is 1.05. The highest BCUT2D eigenvalue weighted by molar-refractivity contribution is 6.36. The number of ether oxygens (including phenoxy) is 1. The molecule has 0 bridgehead atoms. The number of rotatable bonds is 7. The van der Waals surface area contributed by atoms with E-state index in [1.165, 1.54) is 0 Å². The molecule has 0 fully saturated rings. The topological polar surface area (TPSA) is 21.3 Å². The summed E-state index contributed by atoms with van der Waals surface area (Å²) in [5, 5.41) is 4.57. The van der Waals surface area contributed by atoms with Crippen LogP contribution in [0.25, 0.3) is 0 Å². The summed E-state index contributed by atoms with van der Waals surface area (Å²) in [5.74, 6) is 1.55. The maximum absolute atomic E-state index is 6.18. The van der Waals surface area contributed by atoms with Gasteiger partial charge >= 0.3 is 0 Å². The number of nitrogens with one attached hydrogen (secondary N) is 1. The van der Waals surface area contributed by atoms with Crippen LogP contribution in [0.2, 0.25) is 10.0 Å². The van der Waals surface area contributed by atoms with Crippen LogP contribution in [-0.4, -0.2) is 6.61 Å². The molecule has 2 nitrogen and oxygen atoms in total. The summed E-state index contributed by atoms with van der Waals surface area (Å²) in [5.41, 5.74) is 1.97. The summed E-state index contributed by atoms with van der Waals surface area (Å²) in [6, 6.07) is 13.5. The Labute approximate surface area is 142 Å². The SMILES string of the molecule is CC(C)CCOc1ccccc1CNc1ccc(Cl)cc1Cl. The lowest BCUT2D eigenvalue weighted by Crippen LogP contribution is -2.06. The quantitative estimate of drug-likeness (QED) is 0.665. The number of para-hydroxylation sites is 1. The van der Waals surface area contributed by atoms with Crippen LogP contribution in [0, 0.1) is 5.92 Å². The molecule has 2 aromatic carbocycles. The predicted octanol–water partition coefficient (Wildman–Crippen LogP) is 6.03. The second kappa shape index (κ2) is 8.30. The normalized spacial score (nSPS) is 10.8. The van der Waals surface area contributed by atoms with Crippen LogP contribution in [0.3, 0.4) is 0 Å². The molecule has 2 aromatic rings. The van der Waals surface area contributed by atoms with Gasteiger partial charge in [-0.1, -0.05) is 55.2 Å². The van der Waals surface area contributed by atoms with Crippen LogP contribution in [0.1, 0.15) is 25.8 Å². The molecule has 0 saturated carbocycles. The van der Waals surface area contributed by atoms with Crippen LogP contribution < -0.4 is 10.1 Å². The van der Waals surface area contributed by atoms with E-state index in [9.17, 15) is 0 Å². The number of anilines is 1. The van der Waals surface area contributed by atoms with Crippen molar-refractivity contribution in [2.24, 2.45) is 5.92 Å². The molecule has 0 heterocycles. The molecular formula is C18H21Cl2NO. The molecule has 0 aliphatic rings. The number of hydrogen-bond acceptors (Lipinski definition) is 2. The first-order chi connectivity index (χ1) is 10.6. The summed E-state index contributed by atoms with van der Waals surface area (Å²) in [7, 11) is 0. The van der Waals surface area contributed by atoms with E-state index in [0.717, 1.165) is 30.0 Å². The molecule has 0 aliphatic carbocycles. The van der Waals surface area contributed by atoms with Crippen molar-refractivity contribution in [1.82, 2.24) is 0 Å². The molecule has 2 rings (SSSR count). The smallest absolute Gasteiger partial charge is 0.124 e. The molecule has 0 atom stereocenters. The molecule has 0 aromatic heterocycles. The predicted molar refractivity (Wildman–Crippen MR) is 95.2 cm³/mol. The van der Waals surface area contributed by atoms with E-state index in [-0.39, 0.29) is 0 Å². The molecule has 0 saturated heterocycles. The Morgan fingerprint density at radius 1 is 1.09 bits per heavy atom. The van der Waals surface area contributed by atoms with Gasteiger partial charge in [-0.05, 0) is 36.6 Å². The van der Waals surface area contributed by atoms with Crippen LogP contribution >= 0.6 is 23.2 Å². The van der Waals surface area contributed by atoms with Crippen molar-refractivity contribution < 1.29 is 4.74 Å². The van der Waals surface area contributed by atoms with Crippen molar-refractivity contribution >= 4 is 28.9 Å². The zero-order chi connectivity index (χ0) is 15.9. The molecule has 118 valence electrons. The number of halogens is 2. The first-order valence-electron chi connectivity index (χ1n) is 7.46. The van der Waals surface area contributed by atoms with Gasteiger partial charge in [-0.2, -0.15) is 0 Å². The van der Waals surface area contributed by atoms with Crippen molar-refractivity contribution in [3.63, 3.8) is 0 Å². The Kier molecular flexibility index (Phi) is 6.41. The summed E-state index contributed by atoms with van der Waals surface area (Å²) in [6.45, 7) is 5.77. The fraction of sp³-hybridized carbons (Fsp3) is 0.333. The van der Waals surface area contributed by atoms with Crippen LogP contribution in [0.15, 0.2) is 42.5 Å². The van der Waals surface area contributed by atoms with Crippen molar-refractivity contribution in [2.45, 2.75) is 26.8 Å². The summed E-state index contributed by atoms with van der Waals surface area (Å²) >= 11 is 12.1. The third kappa shape index (κ3) is 5.11. The van der Waals surface area contributed by atoms with Crippen LogP contribution in [0.5, 0.6) is 5.75 Å². The number of benzene rings is 2. The fourth-order valence-electron chi connectivity index (χ4n) is 2.02. The zero-order valence-corrected chi connectivity index (χ0v) is 14.4. The number of hydrogen-bond donors (Lipinski definition) is 1. The van der Waals surface area contributed by atoms with Gasteiger partial charge in [0.15, 0.2) is 0 Å². The molecule has 0 radical (unpaired) electrons. The summed E-state index contributed by atoms with van der Waals surface area (Å²) < 4.78 is 5.89. The highest BCUT2D eigenvalue weighted by Crippen LogP contribution is 2.27. The molecule has 0 unspecified atom stereocenters. The Morgan fingerprint density at radius 3 is 2.59 bits per heavy atom. The van der Waals surface area contributed by atoms with Gasteiger partial charge < -0.3 is 10.1 Å². The first-order valence-corrected chi connectivity index (χ1v) is 8.21. The van der Waals surface area contributed by atoms with E-state index in [0.29, 0.717) is 22.5 Å². The lowest BCUT2D eigenvalue weighted by Gasteiger charge is -2.14. The van der Waals surface area contributed by atoms with Gasteiger partial charge in [-0.25, -0.2) is 0 Å². The standard InChI is InChI=1S/C18H21Cl2NO/c1-13(2)9-10-22-18-6-4-3-5-14(18)12-21-17-8-7-15(19)11-16(17)20/h3-8,11,13,21H,9-10,12H2,1-2H3. The largest absolute Gasteiger partial charge is 0.493 e. The maximum atomic E-state index is 6.18. The Hall–Kier alpha value is -1.38. The second-order valence-corrected chi connectivity index (χ2v) is 6.46. The van der Waals surface area contributed by atoms with E-state index in [4.69, 9.17) is 27.9 Å². The van der Waals surface area contributed by atoms with E-state index >= 15 is 0 Å². The molecule has 1 N–H and O–H groups in total. The second-order valence-electron chi connectivity index (χ2n) is 5.62. The molecule has 0 spiro atoms. The van der Waals surface area contributed by atoms with Crippen LogP contribution in [-0.2, 0) is 6.54 Å². The van der Waals surface area contributed by atoms with Crippen molar-refractivity contribution in [3.05, 3.63) is 58.1 Å². The molecule has 22 heavy (non-hydrogen) atoms. The fourth-order valence-corrected chi connectivity index (χ4v) is 2.49. The van der Waals surface area contributed by atoms with E-state index in [1.54, 1.807) is 6.07 Å². The Balaban J connectivity index is 2.00. The van der Waals surface area contributed by atoms with E-state index in [2.05, 4.69) is 25.2 Å². The molecule has 0 amide bonds. The highest BCUT2D eigenvalue weighted by atomic mass is 35.5. The molecular weight excluding hydrogens is 317 g/mol. The lowest BCUT2D eigenvalue weighted by molar-refractivity contribution is 0.287. The van der Waals surface area contributed by atoms with E-state index in [1.807, 2.05) is 30.3 Å². The third-order valence-electron chi connectivity index (χ3n) is 3.33. The highest BCUT2D eigenvalue weighted by Gasteiger charge is 2.06. The third-order valence-corrected chi connectivity index (χ3v) is 3.87. The minimum absolute atomic E-state index is 0.616. The van der Waals surface area contributed by atoms with Gasteiger partial charge in [0.2, 0.25) is 0 Å². The van der Waals surface area contributed by atoms with Gasteiger partial charge in [0.25, 0.3) is 0 Å². The minimum atomic E-state index is 0.616. The van der Waals surface area contributed by atoms with Crippen molar-refractivity contribution in [1.29, 1.82) is 0 Å². The first kappa shape index (κ1) is 17.0. The monoisotopic (exact) mass is 337 g/mol. The Bertz CT molecular complexity index is 614.